The highest BCUT2D eigenvalue weighted by molar-refractivity contribution is 6.32. The van der Waals surface area contributed by atoms with Gasteiger partial charge in [-0.15, -0.1) is 0 Å². The lowest BCUT2D eigenvalue weighted by Gasteiger charge is -2.24. The zero-order valence-corrected chi connectivity index (χ0v) is 20.7. The minimum absolute atomic E-state index is 0.0225. The summed E-state index contributed by atoms with van der Waals surface area (Å²) in [5.41, 5.74) is 3.89. The topological polar surface area (TPSA) is 88.7 Å². The zero-order chi connectivity index (χ0) is 24.4. The Labute approximate surface area is 204 Å². The van der Waals surface area contributed by atoms with Crippen molar-refractivity contribution < 1.29 is 19.2 Å². The molecule has 0 aliphatic carbocycles. The largest absolute Gasteiger partial charge is 0.489 e. The number of carboxylic acid groups (broad SMARTS) is 1. The van der Waals surface area contributed by atoms with Crippen molar-refractivity contribution in [1.82, 2.24) is 15.0 Å². The summed E-state index contributed by atoms with van der Waals surface area (Å²) < 4.78 is 11.2. The van der Waals surface area contributed by atoms with Gasteiger partial charge in [0.25, 0.3) is 5.89 Å². The van der Waals surface area contributed by atoms with Gasteiger partial charge in [0, 0.05) is 30.1 Å². The van der Waals surface area contributed by atoms with Crippen LogP contribution in [0, 0.1) is 5.92 Å². The van der Waals surface area contributed by atoms with Crippen LogP contribution in [0.3, 0.4) is 0 Å². The van der Waals surface area contributed by atoms with Crippen LogP contribution in [-0.4, -0.2) is 45.4 Å². The maximum atomic E-state index is 11.7. The Balaban J connectivity index is 1.61. The van der Waals surface area contributed by atoms with Crippen molar-refractivity contribution in [3.63, 3.8) is 0 Å². The molecule has 1 aliphatic heterocycles. The van der Waals surface area contributed by atoms with Crippen LogP contribution in [0.15, 0.2) is 40.9 Å². The molecular weight excluding hydrogens is 454 g/mol. The lowest BCUT2D eigenvalue weighted by molar-refractivity contribution is 0.142. The van der Waals surface area contributed by atoms with E-state index in [1.807, 2.05) is 26.0 Å². The average Bonchev–Trinajstić information content (AvgIpc) is 3.19. The fourth-order valence-electron chi connectivity index (χ4n) is 4.46. The van der Waals surface area contributed by atoms with Crippen LogP contribution in [0.25, 0.3) is 22.8 Å². The van der Waals surface area contributed by atoms with Crippen molar-refractivity contribution in [3.05, 3.63) is 52.5 Å². The molecule has 3 aromatic rings. The number of rotatable bonds is 6. The molecule has 4 rings (SSSR count). The minimum Gasteiger partial charge on any atom is -0.489 e. The van der Waals surface area contributed by atoms with E-state index in [-0.39, 0.29) is 12.0 Å². The molecule has 0 bridgehead atoms. The van der Waals surface area contributed by atoms with Gasteiger partial charge in [0.05, 0.1) is 11.1 Å². The first kappa shape index (κ1) is 24.1. The summed E-state index contributed by atoms with van der Waals surface area (Å²) in [6.45, 7) is 9.21. The molecule has 1 N–H and O–H groups in total. The molecule has 0 spiro atoms. The second kappa shape index (κ2) is 10.1. The van der Waals surface area contributed by atoms with Crippen LogP contribution in [0.5, 0.6) is 5.75 Å². The quantitative estimate of drug-likeness (QED) is 0.430. The predicted octanol–water partition coefficient (Wildman–Crippen LogP) is 6.51. The van der Waals surface area contributed by atoms with Gasteiger partial charge in [0.1, 0.15) is 5.75 Å². The van der Waals surface area contributed by atoms with Crippen molar-refractivity contribution in [3.8, 4) is 28.6 Å². The van der Waals surface area contributed by atoms with Crippen LogP contribution in [0.4, 0.5) is 4.79 Å². The number of halogens is 1. The minimum atomic E-state index is -0.868. The molecule has 0 saturated carbocycles. The number of hydrogen-bond donors (Lipinski definition) is 1. The van der Waals surface area contributed by atoms with Crippen molar-refractivity contribution in [2.75, 3.05) is 13.1 Å². The number of nitrogens with zero attached hydrogens (tertiary/aromatic N) is 3. The number of ether oxygens (including phenoxy) is 1. The first-order valence-corrected chi connectivity index (χ1v) is 12.0. The number of amides is 1. The molecule has 0 saturated heterocycles. The second-order valence-electron chi connectivity index (χ2n) is 9.45. The van der Waals surface area contributed by atoms with E-state index in [1.54, 1.807) is 12.1 Å². The molecular formula is C26H30ClN3O4. The summed E-state index contributed by atoms with van der Waals surface area (Å²) in [5, 5.41) is 14.3. The highest BCUT2D eigenvalue weighted by atomic mass is 35.5. The lowest BCUT2D eigenvalue weighted by atomic mass is 9.86. The third-order valence-electron chi connectivity index (χ3n) is 5.93. The Kier molecular flexibility index (Phi) is 7.12. The van der Waals surface area contributed by atoms with Crippen LogP contribution < -0.4 is 4.74 Å². The smallest absolute Gasteiger partial charge is 0.407 e. The maximum absolute atomic E-state index is 11.7. The Morgan fingerprint density at radius 2 is 1.97 bits per heavy atom. The molecule has 1 atom stereocenters. The summed E-state index contributed by atoms with van der Waals surface area (Å²) in [5.74, 6) is 2.10. The molecule has 2 aromatic carbocycles. The van der Waals surface area contributed by atoms with Gasteiger partial charge < -0.3 is 19.3 Å². The summed E-state index contributed by atoms with van der Waals surface area (Å²) in [7, 11) is 0. The van der Waals surface area contributed by atoms with Crippen LogP contribution in [0.2, 0.25) is 5.02 Å². The van der Waals surface area contributed by atoms with Crippen LogP contribution >= 0.6 is 11.6 Å². The van der Waals surface area contributed by atoms with Crippen molar-refractivity contribution in [1.29, 1.82) is 0 Å². The van der Waals surface area contributed by atoms with E-state index in [9.17, 15) is 9.90 Å². The average molecular weight is 484 g/mol. The first-order valence-electron chi connectivity index (χ1n) is 11.6. The molecule has 7 nitrogen and oxygen atoms in total. The number of carbonyl (C=O) groups is 1. The molecule has 8 heteroatoms. The zero-order valence-electron chi connectivity index (χ0n) is 19.9. The van der Waals surface area contributed by atoms with Gasteiger partial charge in [-0.2, -0.15) is 4.98 Å². The Morgan fingerprint density at radius 3 is 2.65 bits per heavy atom. The number of aromatic nitrogens is 2. The number of hydrogen-bond acceptors (Lipinski definition) is 5. The summed E-state index contributed by atoms with van der Waals surface area (Å²) >= 11 is 6.36. The first-order chi connectivity index (χ1) is 16.2. The molecule has 0 radical (unpaired) electrons. The summed E-state index contributed by atoms with van der Waals surface area (Å²) in [6, 6.07) is 11.5. The number of fused-ring (bicyclic) bond motifs is 1. The van der Waals surface area contributed by atoms with Crippen molar-refractivity contribution in [2.24, 2.45) is 5.92 Å². The molecule has 1 aromatic heterocycles. The molecule has 1 amide bonds. The van der Waals surface area contributed by atoms with E-state index < -0.39 is 6.09 Å². The standard InChI is InChI=1S/C26H30ClN3O4/c1-15(2)11-20-14-30(26(31)32)10-9-17-12-18(5-7-21(17)20)24-28-25(34-29-24)19-6-8-23(22(27)13-19)33-16(3)4/h5-8,12-13,15-16,20H,9-11,14H2,1-4H3,(H,31,32). The van der Waals surface area contributed by atoms with Gasteiger partial charge in [0.2, 0.25) is 5.82 Å². The third kappa shape index (κ3) is 5.36. The van der Waals surface area contributed by atoms with E-state index >= 15 is 0 Å². The van der Waals surface area contributed by atoms with Gasteiger partial charge in [0.15, 0.2) is 0 Å². The van der Waals surface area contributed by atoms with Gasteiger partial charge in [-0.1, -0.05) is 42.7 Å². The Bertz CT molecular complexity index is 1170. The van der Waals surface area contributed by atoms with Crippen LogP contribution in [-0.2, 0) is 6.42 Å². The maximum Gasteiger partial charge on any atom is 0.407 e. The molecule has 1 aliphatic rings. The number of benzene rings is 2. The van der Waals surface area contributed by atoms with Crippen LogP contribution in [0.1, 0.15) is 51.2 Å². The van der Waals surface area contributed by atoms with Crippen molar-refractivity contribution >= 4 is 17.7 Å². The Morgan fingerprint density at radius 1 is 1.21 bits per heavy atom. The van der Waals surface area contributed by atoms with Crippen molar-refractivity contribution in [2.45, 2.75) is 52.6 Å². The SMILES string of the molecule is CC(C)CC1CN(C(=O)O)CCc2cc(-c3noc(-c4ccc(OC(C)C)c(Cl)c4)n3)ccc21. The van der Waals surface area contributed by atoms with E-state index in [0.29, 0.717) is 53.5 Å². The Hall–Kier alpha value is -3.06. The second-order valence-corrected chi connectivity index (χ2v) is 9.86. The van der Waals surface area contributed by atoms with E-state index in [2.05, 4.69) is 36.1 Å². The van der Waals surface area contributed by atoms with Gasteiger partial charge in [-0.05, 0) is 68.0 Å². The van der Waals surface area contributed by atoms with E-state index in [1.165, 1.54) is 10.5 Å². The molecule has 34 heavy (non-hydrogen) atoms. The van der Waals surface area contributed by atoms with Gasteiger partial charge >= 0.3 is 6.09 Å². The summed E-state index contributed by atoms with van der Waals surface area (Å²) in [6.07, 6.45) is 0.740. The summed E-state index contributed by atoms with van der Waals surface area (Å²) in [4.78, 5) is 17.8. The highest BCUT2D eigenvalue weighted by Gasteiger charge is 2.27. The normalized spacial score (nSPS) is 16.0. The monoisotopic (exact) mass is 483 g/mol. The molecule has 180 valence electrons. The fraction of sp³-hybridized carbons (Fsp3) is 0.423. The highest BCUT2D eigenvalue weighted by Crippen LogP contribution is 2.34. The van der Waals surface area contributed by atoms with Gasteiger partial charge in [-0.3, -0.25) is 0 Å². The van der Waals surface area contributed by atoms with E-state index in [0.717, 1.165) is 17.5 Å². The predicted molar refractivity (Wildman–Crippen MR) is 131 cm³/mol. The third-order valence-corrected chi connectivity index (χ3v) is 6.22. The van der Waals surface area contributed by atoms with Gasteiger partial charge in [-0.25, -0.2) is 4.79 Å². The lowest BCUT2D eigenvalue weighted by Crippen LogP contribution is -2.33. The molecule has 2 heterocycles. The molecule has 1 unspecified atom stereocenters. The van der Waals surface area contributed by atoms with E-state index in [4.69, 9.17) is 20.9 Å². The fourth-order valence-corrected chi connectivity index (χ4v) is 4.68. The molecule has 0 fully saturated rings.